The Morgan fingerprint density at radius 2 is 2.20 bits per heavy atom. The molecule has 82 valence electrons. The van der Waals surface area contributed by atoms with Crippen LogP contribution in [0.2, 0.25) is 0 Å². The highest BCUT2D eigenvalue weighted by atomic mass is 19.1. The Morgan fingerprint density at radius 1 is 1.47 bits per heavy atom. The number of fused-ring (bicyclic) bond motifs is 1. The fourth-order valence-electron chi connectivity index (χ4n) is 2.16. The molecular weight excluding hydrogens is 193 g/mol. The smallest absolute Gasteiger partial charge is 0.175 e. The molecule has 0 saturated carbocycles. The number of anilines is 1. The Hall–Kier alpha value is -1.25. The zero-order chi connectivity index (χ0) is 11.0. The van der Waals surface area contributed by atoms with Crippen molar-refractivity contribution < 1.29 is 9.13 Å². The highest BCUT2D eigenvalue weighted by Gasteiger charge is 2.29. The van der Waals surface area contributed by atoms with Gasteiger partial charge in [-0.3, -0.25) is 0 Å². The van der Waals surface area contributed by atoms with Crippen LogP contribution in [0.3, 0.4) is 0 Å². The molecule has 0 spiro atoms. The van der Waals surface area contributed by atoms with Gasteiger partial charge in [0.15, 0.2) is 6.30 Å². The van der Waals surface area contributed by atoms with Gasteiger partial charge in [0.05, 0.1) is 7.11 Å². The van der Waals surface area contributed by atoms with E-state index in [4.69, 9.17) is 4.74 Å². The van der Waals surface area contributed by atoms with Gasteiger partial charge in [-0.15, -0.1) is 0 Å². The molecule has 2 rings (SSSR count). The van der Waals surface area contributed by atoms with E-state index in [1.54, 1.807) is 19.1 Å². The van der Waals surface area contributed by atoms with Crippen LogP contribution in [-0.4, -0.2) is 20.5 Å². The maximum Gasteiger partial charge on any atom is 0.175 e. The van der Waals surface area contributed by atoms with Crippen molar-refractivity contribution >= 4 is 5.69 Å². The average Bonchev–Trinajstić information content (AvgIpc) is 2.25. The van der Waals surface area contributed by atoms with Crippen LogP contribution < -0.4 is 9.64 Å². The number of methoxy groups -OCH3 is 1. The van der Waals surface area contributed by atoms with Crippen molar-refractivity contribution in [2.45, 2.75) is 19.6 Å². The minimum atomic E-state index is -0.883. The van der Waals surface area contributed by atoms with Gasteiger partial charge in [0.1, 0.15) is 5.75 Å². The molecule has 15 heavy (non-hydrogen) atoms. The number of hydrogen-bond donors (Lipinski definition) is 0. The van der Waals surface area contributed by atoms with E-state index in [-0.39, 0.29) is 5.92 Å². The minimum Gasteiger partial charge on any atom is -0.497 e. The molecule has 1 heterocycles. The van der Waals surface area contributed by atoms with Crippen molar-refractivity contribution in [3.8, 4) is 5.75 Å². The predicted molar refractivity (Wildman–Crippen MR) is 59.2 cm³/mol. The van der Waals surface area contributed by atoms with Gasteiger partial charge in [-0.25, -0.2) is 4.39 Å². The van der Waals surface area contributed by atoms with E-state index < -0.39 is 6.30 Å². The van der Waals surface area contributed by atoms with Crippen LogP contribution in [0.15, 0.2) is 18.2 Å². The lowest BCUT2D eigenvalue weighted by Gasteiger charge is -2.35. The first kappa shape index (κ1) is 10.3. The van der Waals surface area contributed by atoms with Gasteiger partial charge in [-0.1, -0.05) is 6.92 Å². The highest BCUT2D eigenvalue weighted by Crippen LogP contribution is 2.35. The third kappa shape index (κ3) is 1.66. The Balaban J connectivity index is 2.41. The van der Waals surface area contributed by atoms with E-state index >= 15 is 0 Å². The van der Waals surface area contributed by atoms with Gasteiger partial charge < -0.3 is 9.64 Å². The zero-order valence-corrected chi connectivity index (χ0v) is 9.33. The molecule has 2 atom stereocenters. The lowest BCUT2D eigenvalue weighted by Crippen LogP contribution is -2.38. The number of hydrogen-bond acceptors (Lipinski definition) is 2. The molecule has 0 N–H and O–H groups in total. The summed E-state index contributed by atoms with van der Waals surface area (Å²) in [5, 5.41) is 0. The summed E-state index contributed by atoms with van der Waals surface area (Å²) in [6.07, 6.45) is -0.108. The molecule has 0 aromatic heterocycles. The molecule has 0 aliphatic carbocycles. The number of benzene rings is 1. The van der Waals surface area contributed by atoms with Crippen molar-refractivity contribution in [1.82, 2.24) is 0 Å². The second kappa shape index (κ2) is 3.72. The molecule has 0 saturated heterocycles. The Bertz CT molecular complexity index is 367. The first-order valence-corrected chi connectivity index (χ1v) is 5.17. The standard InChI is InChI=1S/C12H16FNO/c1-8-6-9-7-10(15-3)4-5-11(9)14(2)12(8)13/h4-5,7-8,12H,6H2,1-3H3/t8?,12-/m1/s1. The first-order valence-electron chi connectivity index (χ1n) is 5.17. The van der Waals surface area contributed by atoms with Gasteiger partial charge in [-0.2, -0.15) is 0 Å². The van der Waals surface area contributed by atoms with Gasteiger partial charge in [0.25, 0.3) is 0 Å². The molecule has 0 fully saturated rings. The quantitative estimate of drug-likeness (QED) is 0.659. The summed E-state index contributed by atoms with van der Waals surface area (Å²) < 4.78 is 18.9. The number of ether oxygens (including phenoxy) is 1. The van der Waals surface area contributed by atoms with Crippen LogP contribution in [-0.2, 0) is 6.42 Å². The van der Waals surface area contributed by atoms with Gasteiger partial charge in [0.2, 0.25) is 0 Å². The van der Waals surface area contributed by atoms with Crippen LogP contribution in [0.25, 0.3) is 0 Å². The molecule has 1 aliphatic rings. The monoisotopic (exact) mass is 209 g/mol. The summed E-state index contributed by atoms with van der Waals surface area (Å²) in [7, 11) is 3.45. The largest absolute Gasteiger partial charge is 0.497 e. The van der Waals surface area contributed by atoms with E-state index in [2.05, 4.69) is 0 Å². The fraction of sp³-hybridized carbons (Fsp3) is 0.500. The van der Waals surface area contributed by atoms with Crippen molar-refractivity contribution in [1.29, 1.82) is 0 Å². The first-order chi connectivity index (χ1) is 7.13. The summed E-state index contributed by atoms with van der Waals surface area (Å²) in [6.45, 7) is 1.93. The molecule has 1 unspecified atom stereocenters. The minimum absolute atomic E-state index is 0.0367. The zero-order valence-electron chi connectivity index (χ0n) is 9.33. The van der Waals surface area contributed by atoms with Crippen molar-refractivity contribution in [3.63, 3.8) is 0 Å². The van der Waals surface area contributed by atoms with Crippen LogP contribution in [0.5, 0.6) is 5.75 Å². The summed E-state index contributed by atoms with van der Waals surface area (Å²) in [6, 6.07) is 5.79. The fourth-order valence-corrected chi connectivity index (χ4v) is 2.16. The van der Waals surface area contributed by atoms with Crippen LogP contribution >= 0.6 is 0 Å². The molecule has 0 amide bonds. The van der Waals surface area contributed by atoms with Crippen molar-refractivity contribution in [2.75, 3.05) is 19.1 Å². The third-order valence-electron chi connectivity index (χ3n) is 3.05. The number of halogens is 1. The van der Waals surface area contributed by atoms with E-state index in [1.807, 2.05) is 25.1 Å². The molecule has 1 aliphatic heterocycles. The Kier molecular flexibility index (Phi) is 2.55. The molecule has 2 nitrogen and oxygen atoms in total. The third-order valence-corrected chi connectivity index (χ3v) is 3.05. The van der Waals surface area contributed by atoms with Gasteiger partial charge in [-0.05, 0) is 30.2 Å². The molecule has 1 aromatic carbocycles. The van der Waals surface area contributed by atoms with E-state index in [1.165, 1.54) is 5.56 Å². The highest BCUT2D eigenvalue weighted by molar-refractivity contribution is 5.58. The average molecular weight is 209 g/mol. The van der Waals surface area contributed by atoms with E-state index in [0.717, 1.165) is 17.9 Å². The molecule has 3 heteroatoms. The number of rotatable bonds is 1. The summed E-state index contributed by atoms with van der Waals surface area (Å²) in [4.78, 5) is 1.70. The Morgan fingerprint density at radius 3 is 2.87 bits per heavy atom. The number of alkyl halides is 1. The second-order valence-electron chi connectivity index (χ2n) is 4.16. The summed E-state index contributed by atoms with van der Waals surface area (Å²) in [5.41, 5.74) is 2.14. The van der Waals surface area contributed by atoms with Crippen molar-refractivity contribution in [3.05, 3.63) is 23.8 Å². The molecule has 0 radical (unpaired) electrons. The van der Waals surface area contributed by atoms with Crippen LogP contribution in [0.1, 0.15) is 12.5 Å². The second-order valence-corrected chi connectivity index (χ2v) is 4.16. The maximum absolute atomic E-state index is 13.7. The lowest BCUT2D eigenvalue weighted by atomic mass is 9.93. The Labute approximate surface area is 89.7 Å². The summed E-state index contributed by atoms with van der Waals surface area (Å²) >= 11 is 0. The topological polar surface area (TPSA) is 12.5 Å². The van der Waals surface area contributed by atoms with E-state index in [0.29, 0.717) is 0 Å². The van der Waals surface area contributed by atoms with Gasteiger partial charge in [0, 0.05) is 18.7 Å². The lowest BCUT2D eigenvalue weighted by molar-refractivity contribution is 0.228. The van der Waals surface area contributed by atoms with Crippen molar-refractivity contribution in [2.24, 2.45) is 5.92 Å². The summed E-state index contributed by atoms with van der Waals surface area (Å²) in [5.74, 6) is 0.876. The van der Waals surface area contributed by atoms with Crippen LogP contribution in [0.4, 0.5) is 10.1 Å². The SMILES string of the molecule is COc1ccc2c(c1)CC(C)[C@H](F)N2C. The van der Waals surface area contributed by atoms with Crippen LogP contribution in [0, 0.1) is 5.92 Å². The van der Waals surface area contributed by atoms with Gasteiger partial charge >= 0.3 is 0 Å². The molecule has 0 bridgehead atoms. The van der Waals surface area contributed by atoms with E-state index in [9.17, 15) is 4.39 Å². The maximum atomic E-state index is 13.7. The number of nitrogens with zero attached hydrogens (tertiary/aromatic N) is 1. The predicted octanol–water partition coefficient (Wildman–Crippen LogP) is 2.62. The molecule has 1 aromatic rings. The normalized spacial score (nSPS) is 24.9. The molecular formula is C12H16FNO.